The fraction of sp³-hybridized carbons (Fsp3) is 0. The third-order valence-corrected chi connectivity index (χ3v) is 4.85. The van der Waals surface area contributed by atoms with E-state index in [1.165, 1.54) is 29.8 Å². The molecule has 0 aliphatic carbocycles. The van der Waals surface area contributed by atoms with Crippen molar-refractivity contribution >= 4 is 44.7 Å². The Morgan fingerprint density at radius 1 is 1.00 bits per heavy atom. The minimum absolute atomic E-state index is 0.148. The number of fused-ring (bicyclic) bond motifs is 1. The van der Waals surface area contributed by atoms with Gasteiger partial charge in [0, 0.05) is 22.0 Å². The number of aromatic nitrogens is 2. The molecule has 0 aliphatic heterocycles. The second-order valence-corrected chi connectivity index (χ2v) is 6.60. The second-order valence-electron chi connectivity index (χ2n) is 5.31. The van der Waals surface area contributed by atoms with Crippen LogP contribution in [0.4, 0.5) is 20.3 Å². The van der Waals surface area contributed by atoms with Crippen molar-refractivity contribution in [3.8, 4) is 11.1 Å². The van der Waals surface area contributed by atoms with Gasteiger partial charge in [-0.2, -0.15) is 0 Å². The van der Waals surface area contributed by atoms with E-state index in [0.29, 0.717) is 10.8 Å². The Labute approximate surface area is 150 Å². The van der Waals surface area contributed by atoms with Crippen LogP contribution in [0, 0.1) is 11.6 Å². The molecular formula is C18H10ClF2N3S. The van der Waals surface area contributed by atoms with Crippen LogP contribution in [0.5, 0.6) is 0 Å². The SMILES string of the molecule is Fc1ccc(Nc2ncnc3scc(-c4ccc(Cl)cc4)c23)c(F)c1. The number of rotatable bonds is 3. The summed E-state index contributed by atoms with van der Waals surface area (Å²) >= 11 is 7.42. The summed E-state index contributed by atoms with van der Waals surface area (Å²) in [7, 11) is 0. The van der Waals surface area contributed by atoms with Crippen LogP contribution in [-0.4, -0.2) is 9.97 Å². The zero-order chi connectivity index (χ0) is 17.4. The topological polar surface area (TPSA) is 37.8 Å². The average Bonchev–Trinajstić information content (AvgIpc) is 3.03. The fourth-order valence-corrected chi connectivity index (χ4v) is 3.57. The highest BCUT2D eigenvalue weighted by Crippen LogP contribution is 2.38. The summed E-state index contributed by atoms with van der Waals surface area (Å²) in [6, 6.07) is 10.8. The van der Waals surface area contributed by atoms with Gasteiger partial charge in [-0.15, -0.1) is 11.3 Å². The van der Waals surface area contributed by atoms with Crippen LogP contribution in [0.1, 0.15) is 0 Å². The van der Waals surface area contributed by atoms with Crippen LogP contribution in [0.15, 0.2) is 54.2 Å². The van der Waals surface area contributed by atoms with Gasteiger partial charge in [-0.25, -0.2) is 18.7 Å². The molecule has 0 saturated carbocycles. The largest absolute Gasteiger partial charge is 0.337 e. The smallest absolute Gasteiger partial charge is 0.149 e. The van der Waals surface area contributed by atoms with Crippen molar-refractivity contribution in [2.75, 3.05) is 5.32 Å². The molecular weight excluding hydrogens is 364 g/mol. The predicted octanol–water partition coefficient (Wildman–Crippen LogP) is 6.03. The van der Waals surface area contributed by atoms with Crippen LogP contribution in [0.3, 0.4) is 0 Å². The Kier molecular flexibility index (Phi) is 4.07. The van der Waals surface area contributed by atoms with Gasteiger partial charge in [0.15, 0.2) is 0 Å². The van der Waals surface area contributed by atoms with E-state index >= 15 is 0 Å². The quantitative estimate of drug-likeness (QED) is 0.476. The third kappa shape index (κ3) is 3.06. The molecule has 3 nitrogen and oxygen atoms in total. The van der Waals surface area contributed by atoms with Gasteiger partial charge in [0.25, 0.3) is 0 Å². The number of nitrogens with one attached hydrogen (secondary N) is 1. The van der Waals surface area contributed by atoms with Crippen LogP contribution in [0.25, 0.3) is 21.3 Å². The molecule has 0 amide bonds. The lowest BCUT2D eigenvalue weighted by Crippen LogP contribution is -1.98. The predicted molar refractivity (Wildman–Crippen MR) is 97.5 cm³/mol. The van der Waals surface area contributed by atoms with Gasteiger partial charge in [0.05, 0.1) is 11.1 Å². The van der Waals surface area contributed by atoms with Crippen molar-refractivity contribution in [3.63, 3.8) is 0 Å². The molecule has 0 radical (unpaired) electrons. The Morgan fingerprint density at radius 3 is 2.56 bits per heavy atom. The molecule has 25 heavy (non-hydrogen) atoms. The minimum atomic E-state index is -0.685. The van der Waals surface area contributed by atoms with E-state index in [2.05, 4.69) is 15.3 Å². The normalized spacial score (nSPS) is 11.0. The Morgan fingerprint density at radius 2 is 1.80 bits per heavy atom. The molecule has 4 aromatic rings. The zero-order valence-corrected chi connectivity index (χ0v) is 14.2. The molecule has 0 aliphatic rings. The number of benzene rings is 2. The van der Waals surface area contributed by atoms with Gasteiger partial charge in [0.2, 0.25) is 0 Å². The Hall–Kier alpha value is -2.57. The van der Waals surface area contributed by atoms with Crippen molar-refractivity contribution in [1.29, 1.82) is 0 Å². The molecule has 4 rings (SSSR count). The molecule has 0 saturated heterocycles. The van der Waals surface area contributed by atoms with Gasteiger partial charge in [-0.1, -0.05) is 23.7 Å². The zero-order valence-electron chi connectivity index (χ0n) is 12.6. The van der Waals surface area contributed by atoms with Crippen molar-refractivity contribution in [2.24, 2.45) is 0 Å². The van der Waals surface area contributed by atoms with Crippen LogP contribution < -0.4 is 5.32 Å². The molecule has 0 bridgehead atoms. The molecule has 0 spiro atoms. The van der Waals surface area contributed by atoms with E-state index in [1.807, 2.05) is 17.5 Å². The molecule has 124 valence electrons. The number of hydrogen-bond donors (Lipinski definition) is 1. The monoisotopic (exact) mass is 373 g/mol. The van der Waals surface area contributed by atoms with Crippen LogP contribution >= 0.6 is 22.9 Å². The van der Waals surface area contributed by atoms with Crippen molar-refractivity contribution in [2.45, 2.75) is 0 Å². The first kappa shape index (κ1) is 15.9. The van der Waals surface area contributed by atoms with Gasteiger partial charge in [0.1, 0.15) is 28.6 Å². The van der Waals surface area contributed by atoms with Gasteiger partial charge >= 0.3 is 0 Å². The molecule has 2 aromatic heterocycles. The summed E-state index contributed by atoms with van der Waals surface area (Å²) < 4.78 is 27.1. The van der Waals surface area contributed by atoms with E-state index in [9.17, 15) is 8.78 Å². The number of halogens is 3. The van der Waals surface area contributed by atoms with Gasteiger partial charge < -0.3 is 5.32 Å². The van der Waals surface area contributed by atoms with E-state index in [1.54, 1.807) is 12.1 Å². The number of thiophene rings is 1. The summed E-state index contributed by atoms with van der Waals surface area (Å²) in [6.45, 7) is 0. The lowest BCUT2D eigenvalue weighted by atomic mass is 10.1. The van der Waals surface area contributed by atoms with Crippen molar-refractivity contribution in [3.05, 3.63) is 70.8 Å². The number of nitrogens with zero attached hydrogens (tertiary/aromatic N) is 2. The maximum Gasteiger partial charge on any atom is 0.149 e. The molecule has 2 aromatic carbocycles. The number of anilines is 2. The highest BCUT2D eigenvalue weighted by molar-refractivity contribution is 7.17. The third-order valence-electron chi connectivity index (χ3n) is 3.71. The maximum atomic E-state index is 14.0. The minimum Gasteiger partial charge on any atom is -0.337 e. The summed E-state index contributed by atoms with van der Waals surface area (Å²) in [5.41, 5.74) is 2.02. The van der Waals surface area contributed by atoms with E-state index in [0.717, 1.165) is 27.4 Å². The molecule has 1 N–H and O–H groups in total. The summed E-state index contributed by atoms with van der Waals surface area (Å²) in [6.07, 6.45) is 1.41. The van der Waals surface area contributed by atoms with Crippen molar-refractivity contribution in [1.82, 2.24) is 9.97 Å². The van der Waals surface area contributed by atoms with E-state index in [4.69, 9.17) is 11.6 Å². The average molecular weight is 374 g/mol. The standard InChI is InChI=1S/C18H10ClF2N3S/c19-11-3-1-10(2-4-11)13-8-25-18-16(13)17(22-9-23-18)24-15-6-5-12(20)7-14(15)21/h1-9H,(H,22,23,24). The molecule has 7 heteroatoms. The molecule has 2 heterocycles. The second kappa shape index (κ2) is 6.38. The van der Waals surface area contributed by atoms with E-state index < -0.39 is 11.6 Å². The highest BCUT2D eigenvalue weighted by atomic mass is 35.5. The lowest BCUT2D eigenvalue weighted by molar-refractivity contribution is 0.586. The Bertz CT molecular complexity index is 1060. The van der Waals surface area contributed by atoms with Crippen LogP contribution in [-0.2, 0) is 0 Å². The number of hydrogen-bond acceptors (Lipinski definition) is 4. The summed E-state index contributed by atoms with van der Waals surface area (Å²) in [4.78, 5) is 9.28. The molecule has 0 unspecified atom stereocenters. The van der Waals surface area contributed by atoms with Crippen LogP contribution in [0.2, 0.25) is 5.02 Å². The van der Waals surface area contributed by atoms with Crippen molar-refractivity contribution < 1.29 is 8.78 Å². The van der Waals surface area contributed by atoms with E-state index in [-0.39, 0.29) is 5.69 Å². The molecule has 0 fully saturated rings. The lowest BCUT2D eigenvalue weighted by Gasteiger charge is -2.09. The first-order valence-corrected chi connectivity index (χ1v) is 8.58. The highest BCUT2D eigenvalue weighted by Gasteiger charge is 2.14. The first-order valence-electron chi connectivity index (χ1n) is 7.32. The van der Waals surface area contributed by atoms with Gasteiger partial charge in [-0.05, 0) is 29.8 Å². The van der Waals surface area contributed by atoms with Gasteiger partial charge in [-0.3, -0.25) is 0 Å². The first-order chi connectivity index (χ1) is 12.1. The summed E-state index contributed by atoms with van der Waals surface area (Å²) in [5, 5.41) is 6.33. The fourth-order valence-electron chi connectivity index (χ4n) is 2.53. The Balaban J connectivity index is 1.84. The molecule has 0 atom stereocenters. The summed E-state index contributed by atoms with van der Waals surface area (Å²) in [5.74, 6) is -0.856. The maximum absolute atomic E-state index is 14.0.